The fraction of sp³-hybridized carbons (Fsp3) is 0.600. The monoisotopic (exact) mass is 190 g/mol. The maximum absolute atomic E-state index is 5.55. The Morgan fingerprint density at radius 3 is 2.50 bits per heavy atom. The topological polar surface area (TPSA) is 55.0 Å². The SMILES string of the molecule is Nc1cnc(N2CCC3(CC3)C2)nc1. The summed E-state index contributed by atoms with van der Waals surface area (Å²) in [6.45, 7) is 2.24. The first-order valence-electron chi connectivity index (χ1n) is 5.10. The third-order valence-electron chi connectivity index (χ3n) is 3.34. The molecule has 0 radical (unpaired) electrons. The summed E-state index contributed by atoms with van der Waals surface area (Å²) in [5.41, 5.74) is 6.81. The van der Waals surface area contributed by atoms with Crippen LogP contribution in [0.25, 0.3) is 0 Å². The van der Waals surface area contributed by atoms with E-state index in [0.717, 1.165) is 19.0 Å². The second-order valence-electron chi connectivity index (χ2n) is 4.49. The Bertz CT molecular complexity index is 342. The molecule has 2 aliphatic rings. The van der Waals surface area contributed by atoms with E-state index in [4.69, 9.17) is 5.73 Å². The van der Waals surface area contributed by atoms with Crippen LogP contribution < -0.4 is 10.6 Å². The van der Waals surface area contributed by atoms with E-state index >= 15 is 0 Å². The molecule has 2 fully saturated rings. The van der Waals surface area contributed by atoms with Crippen molar-refractivity contribution in [3.05, 3.63) is 12.4 Å². The summed E-state index contributed by atoms with van der Waals surface area (Å²) in [5.74, 6) is 0.836. The third-order valence-corrected chi connectivity index (χ3v) is 3.34. The van der Waals surface area contributed by atoms with Gasteiger partial charge in [0.1, 0.15) is 0 Å². The first-order chi connectivity index (χ1) is 6.77. The third kappa shape index (κ3) is 1.22. The number of rotatable bonds is 1. The Labute approximate surface area is 83.1 Å². The Morgan fingerprint density at radius 2 is 1.93 bits per heavy atom. The van der Waals surface area contributed by atoms with Gasteiger partial charge in [-0.2, -0.15) is 0 Å². The molecule has 4 heteroatoms. The molecular weight excluding hydrogens is 176 g/mol. The van der Waals surface area contributed by atoms with E-state index in [1.807, 2.05) is 0 Å². The first kappa shape index (κ1) is 8.03. The summed E-state index contributed by atoms with van der Waals surface area (Å²) in [6.07, 6.45) is 7.44. The standard InChI is InChI=1S/C10H14N4/c11-8-5-12-9(13-6-8)14-4-3-10(7-14)1-2-10/h5-6H,1-4,7,11H2. The number of nitrogen functional groups attached to an aromatic ring is 1. The van der Waals surface area contributed by atoms with Crippen LogP contribution in [-0.2, 0) is 0 Å². The van der Waals surface area contributed by atoms with E-state index in [-0.39, 0.29) is 0 Å². The second kappa shape index (κ2) is 2.59. The van der Waals surface area contributed by atoms with E-state index in [1.54, 1.807) is 12.4 Å². The molecule has 1 spiro atoms. The zero-order valence-electron chi connectivity index (χ0n) is 8.11. The molecule has 1 aliphatic heterocycles. The van der Waals surface area contributed by atoms with Crippen molar-refractivity contribution in [1.29, 1.82) is 0 Å². The van der Waals surface area contributed by atoms with Gasteiger partial charge < -0.3 is 10.6 Å². The summed E-state index contributed by atoms with van der Waals surface area (Å²) in [4.78, 5) is 10.8. The molecule has 1 aromatic heterocycles. The number of hydrogen-bond donors (Lipinski definition) is 1. The van der Waals surface area contributed by atoms with Crippen molar-refractivity contribution in [2.45, 2.75) is 19.3 Å². The van der Waals surface area contributed by atoms with Gasteiger partial charge in [0.05, 0.1) is 18.1 Å². The number of nitrogens with zero attached hydrogens (tertiary/aromatic N) is 3. The van der Waals surface area contributed by atoms with E-state index in [2.05, 4.69) is 14.9 Å². The van der Waals surface area contributed by atoms with E-state index in [1.165, 1.54) is 19.3 Å². The number of anilines is 2. The maximum Gasteiger partial charge on any atom is 0.225 e. The highest BCUT2D eigenvalue weighted by atomic mass is 15.3. The van der Waals surface area contributed by atoms with Crippen molar-refractivity contribution < 1.29 is 0 Å². The summed E-state index contributed by atoms with van der Waals surface area (Å²) in [5, 5.41) is 0. The van der Waals surface area contributed by atoms with Crippen molar-refractivity contribution in [3.8, 4) is 0 Å². The highest BCUT2D eigenvalue weighted by molar-refractivity contribution is 5.39. The fourth-order valence-electron chi connectivity index (χ4n) is 2.19. The van der Waals surface area contributed by atoms with Crippen LogP contribution in [0.15, 0.2) is 12.4 Å². The molecule has 0 atom stereocenters. The molecule has 1 aromatic rings. The predicted molar refractivity (Wildman–Crippen MR) is 54.9 cm³/mol. The zero-order chi connectivity index (χ0) is 9.60. The lowest BCUT2D eigenvalue weighted by molar-refractivity contribution is 0.580. The van der Waals surface area contributed by atoms with Crippen LogP contribution in [0.5, 0.6) is 0 Å². The molecule has 0 bridgehead atoms. The zero-order valence-corrected chi connectivity index (χ0v) is 8.11. The van der Waals surface area contributed by atoms with Crippen LogP contribution in [0.2, 0.25) is 0 Å². The summed E-state index contributed by atoms with van der Waals surface area (Å²) >= 11 is 0. The molecule has 1 saturated heterocycles. The van der Waals surface area contributed by atoms with Gasteiger partial charge in [-0.3, -0.25) is 0 Å². The quantitative estimate of drug-likeness (QED) is 0.719. The van der Waals surface area contributed by atoms with Crippen molar-refractivity contribution in [3.63, 3.8) is 0 Å². The number of aromatic nitrogens is 2. The molecule has 3 rings (SSSR count). The normalized spacial score (nSPS) is 23.0. The molecule has 0 aromatic carbocycles. The van der Waals surface area contributed by atoms with Gasteiger partial charge in [0, 0.05) is 13.1 Å². The molecule has 2 heterocycles. The maximum atomic E-state index is 5.55. The minimum absolute atomic E-state index is 0.630. The summed E-state index contributed by atoms with van der Waals surface area (Å²) in [6, 6.07) is 0. The lowest BCUT2D eigenvalue weighted by atomic mass is 10.1. The van der Waals surface area contributed by atoms with Gasteiger partial charge in [0.15, 0.2) is 0 Å². The van der Waals surface area contributed by atoms with Gasteiger partial charge in [-0.05, 0) is 24.7 Å². The van der Waals surface area contributed by atoms with E-state index < -0.39 is 0 Å². The molecule has 74 valence electrons. The Morgan fingerprint density at radius 1 is 1.21 bits per heavy atom. The van der Waals surface area contributed by atoms with Crippen molar-refractivity contribution in [2.75, 3.05) is 23.7 Å². The van der Waals surface area contributed by atoms with Crippen LogP contribution in [0.4, 0.5) is 11.6 Å². The molecular formula is C10H14N4. The van der Waals surface area contributed by atoms with Crippen LogP contribution in [-0.4, -0.2) is 23.1 Å². The summed E-state index contributed by atoms with van der Waals surface area (Å²) in [7, 11) is 0. The van der Waals surface area contributed by atoms with Crippen LogP contribution in [0, 0.1) is 5.41 Å². The van der Waals surface area contributed by atoms with Crippen molar-refractivity contribution in [1.82, 2.24) is 9.97 Å². The molecule has 14 heavy (non-hydrogen) atoms. The average Bonchev–Trinajstić information content (AvgIpc) is 2.79. The molecule has 0 amide bonds. The van der Waals surface area contributed by atoms with E-state index in [9.17, 15) is 0 Å². The second-order valence-corrected chi connectivity index (χ2v) is 4.49. The van der Waals surface area contributed by atoms with Gasteiger partial charge in [0.25, 0.3) is 0 Å². The Hall–Kier alpha value is -1.32. The predicted octanol–water partition coefficient (Wildman–Crippen LogP) is 1.05. The van der Waals surface area contributed by atoms with Gasteiger partial charge in [-0.15, -0.1) is 0 Å². The van der Waals surface area contributed by atoms with Crippen molar-refractivity contribution >= 4 is 11.6 Å². The minimum atomic E-state index is 0.630. The first-order valence-corrected chi connectivity index (χ1v) is 5.10. The smallest absolute Gasteiger partial charge is 0.225 e. The Kier molecular flexibility index (Phi) is 1.48. The number of nitrogens with two attached hydrogens (primary N) is 1. The molecule has 1 aliphatic carbocycles. The fourth-order valence-corrected chi connectivity index (χ4v) is 2.19. The lowest BCUT2D eigenvalue weighted by Gasteiger charge is -2.15. The number of hydrogen-bond acceptors (Lipinski definition) is 4. The van der Waals surface area contributed by atoms with Crippen molar-refractivity contribution in [2.24, 2.45) is 5.41 Å². The highest BCUT2D eigenvalue weighted by Gasteiger charge is 2.48. The highest BCUT2D eigenvalue weighted by Crippen LogP contribution is 2.52. The van der Waals surface area contributed by atoms with Crippen LogP contribution in [0.1, 0.15) is 19.3 Å². The van der Waals surface area contributed by atoms with Gasteiger partial charge in [-0.25, -0.2) is 9.97 Å². The molecule has 0 unspecified atom stereocenters. The summed E-state index contributed by atoms with van der Waals surface area (Å²) < 4.78 is 0. The average molecular weight is 190 g/mol. The van der Waals surface area contributed by atoms with E-state index in [0.29, 0.717) is 11.1 Å². The van der Waals surface area contributed by atoms with Crippen LogP contribution in [0.3, 0.4) is 0 Å². The molecule has 2 N–H and O–H groups in total. The largest absolute Gasteiger partial charge is 0.396 e. The van der Waals surface area contributed by atoms with Gasteiger partial charge in [-0.1, -0.05) is 0 Å². The Balaban J connectivity index is 1.79. The van der Waals surface area contributed by atoms with Gasteiger partial charge in [0.2, 0.25) is 5.95 Å². The minimum Gasteiger partial charge on any atom is -0.396 e. The lowest BCUT2D eigenvalue weighted by Crippen LogP contribution is -2.22. The van der Waals surface area contributed by atoms with Gasteiger partial charge >= 0.3 is 0 Å². The molecule has 1 saturated carbocycles. The van der Waals surface area contributed by atoms with Crippen LogP contribution >= 0.6 is 0 Å². The molecule has 4 nitrogen and oxygen atoms in total.